The molecule has 0 bridgehead atoms. The summed E-state index contributed by atoms with van der Waals surface area (Å²) in [5.41, 5.74) is -0.623. The van der Waals surface area contributed by atoms with Gasteiger partial charge in [0.2, 0.25) is 0 Å². The average Bonchev–Trinajstić information content (AvgIpc) is 3.01. The number of carboxylic acids is 1. The van der Waals surface area contributed by atoms with E-state index in [9.17, 15) is 19.7 Å². The van der Waals surface area contributed by atoms with Crippen LogP contribution in [-0.2, 0) is 6.54 Å². The van der Waals surface area contributed by atoms with Crippen molar-refractivity contribution in [1.82, 2.24) is 4.90 Å². The fourth-order valence-electron chi connectivity index (χ4n) is 2.64. The first kappa shape index (κ1) is 20.7. The molecule has 0 aliphatic carbocycles. The molecule has 10 nitrogen and oxygen atoms in total. The molecule has 0 aliphatic heterocycles. The summed E-state index contributed by atoms with van der Waals surface area (Å²) in [4.78, 5) is 35.9. The Morgan fingerprint density at radius 2 is 1.93 bits per heavy atom. The lowest BCUT2D eigenvalue weighted by Gasteiger charge is -2.17. The first-order chi connectivity index (χ1) is 13.2. The summed E-state index contributed by atoms with van der Waals surface area (Å²) in [6.07, 6.45) is 0. The van der Waals surface area contributed by atoms with E-state index in [4.69, 9.17) is 19.0 Å². The average molecular weight is 392 g/mol. The van der Waals surface area contributed by atoms with Crippen molar-refractivity contribution >= 4 is 17.6 Å². The van der Waals surface area contributed by atoms with Gasteiger partial charge in [-0.25, -0.2) is 4.79 Å². The largest absolute Gasteiger partial charge is 0.493 e. The van der Waals surface area contributed by atoms with Crippen molar-refractivity contribution in [3.05, 3.63) is 51.0 Å². The third kappa shape index (κ3) is 4.22. The number of hydrogen-bond donors (Lipinski definition) is 1. The van der Waals surface area contributed by atoms with Crippen LogP contribution in [0.1, 0.15) is 39.2 Å². The molecular weight excluding hydrogens is 372 g/mol. The maximum atomic E-state index is 12.8. The number of amides is 1. The Labute approximate surface area is 160 Å². The molecule has 10 heteroatoms. The molecule has 1 amide bonds. The second-order valence-electron chi connectivity index (χ2n) is 5.86. The second kappa shape index (κ2) is 8.42. The molecule has 0 unspecified atom stereocenters. The molecule has 0 saturated heterocycles. The molecule has 150 valence electrons. The normalized spacial score (nSPS) is 10.4. The number of aromatic carboxylic acids is 1. The van der Waals surface area contributed by atoms with Crippen molar-refractivity contribution in [2.75, 3.05) is 20.8 Å². The molecule has 2 rings (SSSR count). The zero-order valence-corrected chi connectivity index (χ0v) is 15.8. The molecule has 0 aliphatic rings. The molecule has 0 saturated carbocycles. The maximum absolute atomic E-state index is 12.8. The van der Waals surface area contributed by atoms with Crippen LogP contribution in [0.15, 0.2) is 22.6 Å². The third-order valence-corrected chi connectivity index (χ3v) is 3.95. The van der Waals surface area contributed by atoms with E-state index in [1.54, 1.807) is 6.92 Å². The van der Waals surface area contributed by atoms with Gasteiger partial charge in [-0.1, -0.05) is 0 Å². The summed E-state index contributed by atoms with van der Waals surface area (Å²) >= 11 is 0. The summed E-state index contributed by atoms with van der Waals surface area (Å²) < 4.78 is 15.8. The van der Waals surface area contributed by atoms with E-state index < -0.39 is 22.5 Å². The Morgan fingerprint density at radius 3 is 2.43 bits per heavy atom. The van der Waals surface area contributed by atoms with Crippen LogP contribution >= 0.6 is 0 Å². The lowest BCUT2D eigenvalue weighted by atomic mass is 10.1. The van der Waals surface area contributed by atoms with E-state index in [2.05, 4.69) is 0 Å². The number of ether oxygens (including phenoxy) is 2. The monoisotopic (exact) mass is 392 g/mol. The highest BCUT2D eigenvalue weighted by Gasteiger charge is 2.27. The van der Waals surface area contributed by atoms with Crippen molar-refractivity contribution in [1.29, 1.82) is 0 Å². The van der Waals surface area contributed by atoms with Crippen molar-refractivity contribution in [2.45, 2.75) is 20.4 Å². The lowest BCUT2D eigenvalue weighted by Crippen LogP contribution is -2.26. The minimum atomic E-state index is -1.15. The highest BCUT2D eigenvalue weighted by molar-refractivity contribution is 5.99. The van der Waals surface area contributed by atoms with Crippen LogP contribution in [0.25, 0.3) is 0 Å². The molecule has 0 radical (unpaired) electrons. The van der Waals surface area contributed by atoms with Gasteiger partial charge >= 0.3 is 5.97 Å². The first-order valence-electron chi connectivity index (χ1n) is 8.26. The van der Waals surface area contributed by atoms with Gasteiger partial charge in [-0.3, -0.25) is 14.9 Å². The van der Waals surface area contributed by atoms with Crippen LogP contribution in [0.4, 0.5) is 5.69 Å². The SMILES string of the molecule is CCOc1cc([N+](=O)[O-])c(C(=O)N(C)Cc2cc(C(=O)O)c(C)o2)cc1OC. The number of nitrogens with zero attached hydrogens (tertiary/aromatic N) is 2. The molecule has 2 aromatic rings. The van der Waals surface area contributed by atoms with Gasteiger partial charge in [0.25, 0.3) is 11.6 Å². The van der Waals surface area contributed by atoms with E-state index in [1.165, 1.54) is 38.1 Å². The van der Waals surface area contributed by atoms with Gasteiger partial charge in [0.15, 0.2) is 11.5 Å². The number of nitro groups is 1. The number of nitro benzene ring substituents is 1. The highest BCUT2D eigenvalue weighted by atomic mass is 16.6. The summed E-state index contributed by atoms with van der Waals surface area (Å²) in [5, 5.41) is 20.5. The summed E-state index contributed by atoms with van der Waals surface area (Å²) in [6, 6.07) is 3.70. The van der Waals surface area contributed by atoms with Crippen molar-refractivity contribution in [2.24, 2.45) is 0 Å². The van der Waals surface area contributed by atoms with Crippen LogP contribution < -0.4 is 9.47 Å². The van der Waals surface area contributed by atoms with Crippen LogP contribution in [0.2, 0.25) is 0 Å². The number of furan rings is 1. The number of hydrogen-bond acceptors (Lipinski definition) is 7. The van der Waals surface area contributed by atoms with Gasteiger partial charge in [0, 0.05) is 13.1 Å². The van der Waals surface area contributed by atoms with Gasteiger partial charge in [0.1, 0.15) is 22.6 Å². The second-order valence-corrected chi connectivity index (χ2v) is 5.86. The molecule has 1 heterocycles. The fourth-order valence-corrected chi connectivity index (χ4v) is 2.64. The first-order valence-corrected chi connectivity index (χ1v) is 8.26. The Bertz CT molecular complexity index is 919. The molecule has 1 aromatic heterocycles. The predicted molar refractivity (Wildman–Crippen MR) is 97.0 cm³/mol. The minimum absolute atomic E-state index is 0.00966. The number of carbonyl (C=O) groups excluding carboxylic acids is 1. The summed E-state index contributed by atoms with van der Waals surface area (Å²) in [7, 11) is 2.79. The van der Waals surface area contributed by atoms with Crippen LogP contribution in [-0.4, -0.2) is 47.6 Å². The number of carboxylic acid groups (broad SMARTS) is 1. The smallest absolute Gasteiger partial charge is 0.339 e. The van der Waals surface area contributed by atoms with Crippen molar-refractivity contribution in [3.8, 4) is 11.5 Å². The van der Waals surface area contributed by atoms with E-state index in [1.807, 2.05) is 0 Å². The van der Waals surface area contributed by atoms with Gasteiger partial charge in [-0.15, -0.1) is 0 Å². The van der Waals surface area contributed by atoms with Crippen LogP contribution in [0.5, 0.6) is 11.5 Å². The topological polar surface area (TPSA) is 132 Å². The van der Waals surface area contributed by atoms with E-state index in [0.717, 1.165) is 6.07 Å². The van der Waals surface area contributed by atoms with E-state index in [-0.39, 0.29) is 47.3 Å². The number of benzene rings is 1. The van der Waals surface area contributed by atoms with Crippen LogP contribution in [0, 0.1) is 17.0 Å². The number of carbonyl (C=O) groups is 2. The molecular formula is C18H20N2O8. The predicted octanol–water partition coefficient (Wildman–Crippen LogP) is 2.87. The minimum Gasteiger partial charge on any atom is -0.493 e. The van der Waals surface area contributed by atoms with E-state index in [0.29, 0.717) is 0 Å². The molecule has 0 fully saturated rings. The molecule has 0 spiro atoms. The Kier molecular flexibility index (Phi) is 6.24. The molecule has 1 aromatic carbocycles. The number of methoxy groups -OCH3 is 1. The van der Waals surface area contributed by atoms with E-state index >= 15 is 0 Å². The summed E-state index contributed by atoms with van der Waals surface area (Å²) in [6.45, 7) is 3.41. The zero-order chi connectivity index (χ0) is 21.0. The Balaban J connectivity index is 2.37. The van der Waals surface area contributed by atoms with Gasteiger partial charge in [-0.2, -0.15) is 0 Å². The number of rotatable bonds is 8. The maximum Gasteiger partial charge on any atom is 0.339 e. The third-order valence-electron chi connectivity index (χ3n) is 3.95. The molecule has 28 heavy (non-hydrogen) atoms. The Hall–Kier alpha value is -3.56. The van der Waals surface area contributed by atoms with Gasteiger partial charge in [-0.05, 0) is 19.9 Å². The lowest BCUT2D eigenvalue weighted by molar-refractivity contribution is -0.385. The molecule has 1 N–H and O–H groups in total. The standard InChI is InChI=1S/C18H20N2O8/c1-5-27-16-8-14(20(24)25)13(7-15(16)26-4)17(21)19(3)9-11-6-12(18(22)23)10(2)28-11/h6-8H,5,9H2,1-4H3,(H,22,23). The molecule has 0 atom stereocenters. The highest BCUT2D eigenvalue weighted by Crippen LogP contribution is 2.35. The Morgan fingerprint density at radius 1 is 1.25 bits per heavy atom. The van der Waals surface area contributed by atoms with Crippen molar-refractivity contribution in [3.63, 3.8) is 0 Å². The zero-order valence-electron chi connectivity index (χ0n) is 15.8. The van der Waals surface area contributed by atoms with Crippen LogP contribution in [0.3, 0.4) is 0 Å². The van der Waals surface area contributed by atoms with Crippen molar-refractivity contribution < 1.29 is 33.5 Å². The van der Waals surface area contributed by atoms with Gasteiger partial charge in [0.05, 0.1) is 31.3 Å². The summed E-state index contributed by atoms with van der Waals surface area (Å²) in [5.74, 6) is -1.01. The quantitative estimate of drug-likeness (QED) is 0.536. The number of aryl methyl sites for hydroxylation is 1. The fraction of sp³-hybridized carbons (Fsp3) is 0.333. The van der Waals surface area contributed by atoms with Gasteiger partial charge < -0.3 is 23.9 Å².